The number of ketones is 1. The number of rotatable bonds is 7. The van der Waals surface area contributed by atoms with Gasteiger partial charge in [0.25, 0.3) is 0 Å². The Morgan fingerprint density at radius 1 is 0.850 bits per heavy atom. The summed E-state index contributed by atoms with van der Waals surface area (Å²) in [5.41, 5.74) is 2.82. The second kappa shape index (κ2) is 8.20. The molecule has 0 aliphatic carbocycles. The smallest absolute Gasteiger partial charge is 0.193 e. The van der Waals surface area contributed by atoms with Crippen molar-refractivity contribution in [3.8, 4) is 0 Å². The second-order valence-corrected chi connectivity index (χ2v) is 5.97. The number of benzene rings is 2. The molecule has 0 unspecified atom stereocenters. The molecule has 2 aromatic rings. The van der Waals surface area contributed by atoms with E-state index in [0.717, 1.165) is 17.5 Å². The first kappa shape index (κ1) is 15.2. The van der Waals surface area contributed by atoms with E-state index in [4.69, 9.17) is 0 Å². The molecule has 0 radical (unpaired) electrons. The quantitative estimate of drug-likeness (QED) is 0.285. The third-order valence-corrected chi connectivity index (χ3v) is 4.09. The Kier molecular flexibility index (Phi) is 6.25. The summed E-state index contributed by atoms with van der Waals surface area (Å²) in [7, 11) is 0. The predicted molar refractivity (Wildman–Crippen MR) is 92.8 cm³/mol. The molecule has 0 atom stereocenters. The highest BCUT2D eigenvalue weighted by Gasteiger charge is 2.08. The van der Waals surface area contributed by atoms with Gasteiger partial charge in [-0.3, -0.25) is 4.79 Å². The van der Waals surface area contributed by atoms with Gasteiger partial charge in [-0.25, -0.2) is 0 Å². The molecule has 2 heteroatoms. The number of hydrogen-bond donors (Lipinski definition) is 0. The summed E-state index contributed by atoms with van der Waals surface area (Å²) in [6.07, 6.45) is 4.81. The topological polar surface area (TPSA) is 17.1 Å². The monoisotopic (exact) mass is 378 g/mol. The zero-order valence-corrected chi connectivity index (χ0v) is 13.7. The first-order chi connectivity index (χ1) is 9.81. The molecule has 0 heterocycles. The minimum absolute atomic E-state index is 0.111. The van der Waals surface area contributed by atoms with Crippen molar-refractivity contribution < 1.29 is 4.79 Å². The zero-order valence-electron chi connectivity index (χ0n) is 11.5. The lowest BCUT2D eigenvalue weighted by molar-refractivity contribution is 0.103. The molecule has 0 fully saturated rings. The number of alkyl halides is 1. The van der Waals surface area contributed by atoms with Crippen LogP contribution in [0.2, 0.25) is 0 Å². The van der Waals surface area contributed by atoms with Crippen LogP contribution in [0.5, 0.6) is 0 Å². The molecule has 2 rings (SSSR count). The second-order valence-electron chi connectivity index (χ2n) is 4.90. The van der Waals surface area contributed by atoms with Crippen LogP contribution in [0.4, 0.5) is 0 Å². The van der Waals surface area contributed by atoms with Crippen molar-refractivity contribution in [3.63, 3.8) is 0 Å². The Labute approximate surface area is 134 Å². The number of hydrogen-bond acceptors (Lipinski definition) is 1. The van der Waals surface area contributed by atoms with Gasteiger partial charge in [0.15, 0.2) is 5.78 Å². The summed E-state index contributed by atoms with van der Waals surface area (Å²) >= 11 is 2.42. The summed E-state index contributed by atoms with van der Waals surface area (Å²) < 4.78 is 1.23. The minimum atomic E-state index is 0.111. The van der Waals surface area contributed by atoms with Crippen LogP contribution in [-0.2, 0) is 6.42 Å². The summed E-state index contributed by atoms with van der Waals surface area (Å²) in [5, 5.41) is 0. The van der Waals surface area contributed by atoms with E-state index in [9.17, 15) is 4.79 Å². The third kappa shape index (κ3) is 4.44. The average molecular weight is 378 g/mol. The van der Waals surface area contributed by atoms with Crippen LogP contribution in [-0.4, -0.2) is 10.2 Å². The maximum Gasteiger partial charge on any atom is 0.193 e. The molecular weight excluding hydrogens is 359 g/mol. The van der Waals surface area contributed by atoms with E-state index in [1.54, 1.807) is 0 Å². The first-order valence-electron chi connectivity index (χ1n) is 7.06. The Morgan fingerprint density at radius 3 is 2.35 bits per heavy atom. The van der Waals surface area contributed by atoms with Crippen molar-refractivity contribution >= 4 is 28.4 Å². The zero-order chi connectivity index (χ0) is 14.2. The van der Waals surface area contributed by atoms with Crippen LogP contribution in [0.25, 0.3) is 0 Å². The number of halogens is 1. The Morgan fingerprint density at radius 2 is 1.60 bits per heavy atom. The van der Waals surface area contributed by atoms with Crippen molar-refractivity contribution in [2.45, 2.75) is 25.7 Å². The third-order valence-electron chi connectivity index (χ3n) is 3.32. The molecule has 0 spiro atoms. The van der Waals surface area contributed by atoms with Gasteiger partial charge in [-0.05, 0) is 35.3 Å². The molecule has 20 heavy (non-hydrogen) atoms. The predicted octanol–water partition coefficient (Wildman–Crippen LogP) is 5.07. The number of carbonyl (C=O) groups is 1. The lowest BCUT2D eigenvalue weighted by Gasteiger charge is -2.05. The van der Waals surface area contributed by atoms with Crippen LogP contribution in [0, 0.1) is 0 Å². The fourth-order valence-corrected chi connectivity index (χ4v) is 2.76. The lowest BCUT2D eigenvalue weighted by atomic mass is 9.99. The van der Waals surface area contributed by atoms with Gasteiger partial charge < -0.3 is 0 Å². The molecule has 0 aromatic heterocycles. The Hall–Kier alpha value is -1.16. The van der Waals surface area contributed by atoms with Crippen LogP contribution in [0.1, 0.15) is 40.7 Å². The van der Waals surface area contributed by atoms with Gasteiger partial charge >= 0.3 is 0 Å². The first-order valence-corrected chi connectivity index (χ1v) is 8.58. The standard InChI is InChI=1S/C18H19IO/c19-13-6-2-3-8-15-9-7-12-17(14-15)18(20)16-10-4-1-5-11-16/h1,4-5,7,9-12,14H,2-3,6,8,13H2. The molecule has 0 amide bonds. The molecule has 0 aliphatic heterocycles. The van der Waals surface area contributed by atoms with Crippen molar-refractivity contribution in [3.05, 3.63) is 71.3 Å². The van der Waals surface area contributed by atoms with Crippen LogP contribution in [0.15, 0.2) is 54.6 Å². The van der Waals surface area contributed by atoms with Gasteiger partial charge in [-0.1, -0.05) is 77.5 Å². The molecule has 0 bridgehead atoms. The largest absolute Gasteiger partial charge is 0.289 e. The minimum Gasteiger partial charge on any atom is -0.289 e. The molecule has 0 N–H and O–H groups in total. The van der Waals surface area contributed by atoms with E-state index in [2.05, 4.69) is 28.7 Å². The normalized spacial score (nSPS) is 10.4. The number of carbonyl (C=O) groups excluding carboxylic acids is 1. The maximum atomic E-state index is 12.4. The fourth-order valence-electron chi connectivity index (χ4n) is 2.22. The van der Waals surface area contributed by atoms with Crippen molar-refractivity contribution in [1.82, 2.24) is 0 Å². The Bertz CT molecular complexity index is 548. The highest BCUT2D eigenvalue weighted by molar-refractivity contribution is 14.1. The number of aryl methyl sites for hydroxylation is 1. The average Bonchev–Trinajstić information content (AvgIpc) is 2.52. The summed E-state index contributed by atoms with van der Waals surface area (Å²) in [5.74, 6) is 0.111. The fraction of sp³-hybridized carbons (Fsp3) is 0.278. The van der Waals surface area contributed by atoms with Gasteiger partial charge in [-0.15, -0.1) is 0 Å². The van der Waals surface area contributed by atoms with Gasteiger partial charge in [0.2, 0.25) is 0 Å². The van der Waals surface area contributed by atoms with E-state index in [1.807, 2.05) is 48.5 Å². The van der Waals surface area contributed by atoms with Crippen molar-refractivity contribution in [1.29, 1.82) is 0 Å². The summed E-state index contributed by atoms with van der Waals surface area (Å²) in [6, 6.07) is 17.5. The van der Waals surface area contributed by atoms with Crippen LogP contribution in [0.3, 0.4) is 0 Å². The van der Waals surface area contributed by atoms with Gasteiger partial charge in [0, 0.05) is 11.1 Å². The van der Waals surface area contributed by atoms with Gasteiger partial charge in [0.05, 0.1) is 0 Å². The van der Waals surface area contributed by atoms with Gasteiger partial charge in [0.1, 0.15) is 0 Å². The molecule has 2 aromatic carbocycles. The van der Waals surface area contributed by atoms with Crippen LogP contribution < -0.4 is 0 Å². The van der Waals surface area contributed by atoms with E-state index in [1.165, 1.54) is 29.3 Å². The number of unbranched alkanes of at least 4 members (excludes halogenated alkanes) is 2. The van der Waals surface area contributed by atoms with Gasteiger partial charge in [-0.2, -0.15) is 0 Å². The molecule has 0 saturated carbocycles. The molecule has 0 aliphatic rings. The van der Waals surface area contributed by atoms with E-state index in [-0.39, 0.29) is 5.78 Å². The summed E-state index contributed by atoms with van der Waals surface area (Å²) in [6.45, 7) is 0. The van der Waals surface area contributed by atoms with E-state index >= 15 is 0 Å². The molecule has 0 saturated heterocycles. The molecular formula is C18H19IO. The van der Waals surface area contributed by atoms with E-state index in [0.29, 0.717) is 0 Å². The maximum absolute atomic E-state index is 12.4. The molecule has 1 nitrogen and oxygen atoms in total. The van der Waals surface area contributed by atoms with Crippen LogP contribution >= 0.6 is 22.6 Å². The van der Waals surface area contributed by atoms with E-state index < -0.39 is 0 Å². The highest BCUT2D eigenvalue weighted by atomic mass is 127. The summed E-state index contributed by atoms with van der Waals surface area (Å²) in [4.78, 5) is 12.4. The lowest BCUT2D eigenvalue weighted by Crippen LogP contribution is -2.01. The SMILES string of the molecule is O=C(c1ccccc1)c1cccc(CCCCCI)c1. The highest BCUT2D eigenvalue weighted by Crippen LogP contribution is 2.14. The van der Waals surface area contributed by atoms with Crippen molar-refractivity contribution in [2.75, 3.05) is 4.43 Å². The molecule has 104 valence electrons. The Balaban J connectivity index is 2.04. The van der Waals surface area contributed by atoms with Crippen molar-refractivity contribution in [2.24, 2.45) is 0 Å².